The number of carbonyl (C=O) groups is 1. The van der Waals surface area contributed by atoms with Crippen molar-refractivity contribution in [3.05, 3.63) is 100 Å². The molecule has 1 aromatic heterocycles. The van der Waals surface area contributed by atoms with Crippen molar-refractivity contribution in [1.29, 1.82) is 0 Å². The van der Waals surface area contributed by atoms with E-state index in [1.54, 1.807) is 12.3 Å². The molecular weight excluding hydrogens is 412 g/mol. The number of carboxylic acid groups (broad SMARTS) is 1. The zero-order valence-corrected chi connectivity index (χ0v) is 17.9. The second-order valence-corrected chi connectivity index (χ2v) is 8.23. The number of nitrogens with zero attached hydrogens (tertiary/aromatic N) is 2. The number of benzene rings is 2. The molecule has 1 aliphatic rings. The van der Waals surface area contributed by atoms with Crippen LogP contribution in [0.25, 0.3) is 0 Å². The Hall–Kier alpha value is -2.73. The van der Waals surface area contributed by atoms with Crippen molar-refractivity contribution in [2.75, 3.05) is 13.1 Å². The number of carboxylic acids is 1. The maximum absolute atomic E-state index is 11.2. The van der Waals surface area contributed by atoms with Crippen molar-refractivity contribution in [3.8, 4) is 0 Å². The van der Waals surface area contributed by atoms with Crippen LogP contribution in [0.5, 0.6) is 0 Å². The molecule has 4 rings (SSSR count). The highest BCUT2D eigenvalue weighted by atomic mass is 35.5. The Kier molecular flexibility index (Phi) is 6.97. The summed E-state index contributed by atoms with van der Waals surface area (Å²) >= 11 is 6.08. The molecule has 1 fully saturated rings. The summed E-state index contributed by atoms with van der Waals surface area (Å²) < 4.78 is 6.59. The smallest absolute Gasteiger partial charge is 0.335 e. The molecule has 1 unspecified atom stereocenters. The minimum absolute atomic E-state index is 0.135. The number of aromatic nitrogens is 1. The van der Waals surface area contributed by atoms with Gasteiger partial charge in [0, 0.05) is 30.9 Å². The van der Waals surface area contributed by atoms with Gasteiger partial charge in [-0.25, -0.2) is 4.79 Å². The van der Waals surface area contributed by atoms with Crippen LogP contribution in [-0.2, 0) is 11.3 Å². The molecule has 0 saturated carbocycles. The standard InChI is InChI=1S/C25H25ClN2O3/c26-21-8-6-19(7-9-21)24(18-4-2-1-3-5-18)31-23-11-14-28(15-12-23)17-22-16-20(25(29)30)10-13-27-22/h1-10,13,16,23-24H,11-12,14-15,17H2,(H,29,30). The van der Waals surface area contributed by atoms with Crippen LogP contribution < -0.4 is 0 Å². The van der Waals surface area contributed by atoms with Crippen molar-refractivity contribution in [3.63, 3.8) is 0 Å². The van der Waals surface area contributed by atoms with E-state index in [4.69, 9.17) is 16.3 Å². The van der Waals surface area contributed by atoms with Gasteiger partial charge in [-0.05, 0) is 48.2 Å². The lowest BCUT2D eigenvalue weighted by Crippen LogP contribution is -2.37. The average Bonchev–Trinajstić information content (AvgIpc) is 2.80. The van der Waals surface area contributed by atoms with Crippen LogP contribution in [-0.4, -0.2) is 40.2 Å². The Morgan fingerprint density at radius 2 is 1.74 bits per heavy atom. The van der Waals surface area contributed by atoms with E-state index < -0.39 is 5.97 Å². The van der Waals surface area contributed by atoms with E-state index in [2.05, 4.69) is 22.0 Å². The Balaban J connectivity index is 1.39. The van der Waals surface area contributed by atoms with E-state index >= 15 is 0 Å². The van der Waals surface area contributed by atoms with E-state index in [1.165, 1.54) is 6.07 Å². The highest BCUT2D eigenvalue weighted by molar-refractivity contribution is 6.30. The summed E-state index contributed by atoms with van der Waals surface area (Å²) in [4.78, 5) is 17.8. The Labute approximate surface area is 187 Å². The van der Waals surface area contributed by atoms with Crippen LogP contribution in [0.3, 0.4) is 0 Å². The molecule has 0 radical (unpaired) electrons. The Morgan fingerprint density at radius 3 is 2.42 bits per heavy atom. The summed E-state index contributed by atoms with van der Waals surface area (Å²) in [7, 11) is 0. The van der Waals surface area contributed by atoms with Crippen molar-refractivity contribution in [2.24, 2.45) is 0 Å². The van der Waals surface area contributed by atoms with Crippen molar-refractivity contribution in [2.45, 2.75) is 31.6 Å². The average molecular weight is 437 g/mol. The molecule has 0 spiro atoms. The first kappa shape index (κ1) is 21.5. The van der Waals surface area contributed by atoms with Crippen LogP contribution in [0.2, 0.25) is 5.02 Å². The van der Waals surface area contributed by atoms with Gasteiger partial charge in [0.25, 0.3) is 0 Å². The lowest BCUT2D eigenvalue weighted by Gasteiger charge is -2.34. The highest BCUT2D eigenvalue weighted by Crippen LogP contribution is 2.31. The topological polar surface area (TPSA) is 62.7 Å². The molecule has 1 N–H and O–H groups in total. The fraction of sp³-hybridized carbons (Fsp3) is 0.280. The van der Waals surface area contributed by atoms with Crippen molar-refractivity contribution in [1.82, 2.24) is 9.88 Å². The maximum atomic E-state index is 11.2. The van der Waals surface area contributed by atoms with Gasteiger partial charge in [-0.2, -0.15) is 0 Å². The molecule has 1 atom stereocenters. The molecule has 0 aliphatic carbocycles. The first-order valence-electron chi connectivity index (χ1n) is 10.4. The summed E-state index contributed by atoms with van der Waals surface area (Å²) in [6.45, 7) is 2.41. The molecule has 160 valence electrons. The van der Waals surface area contributed by atoms with Gasteiger partial charge < -0.3 is 9.84 Å². The van der Waals surface area contributed by atoms with Gasteiger partial charge in [0.15, 0.2) is 0 Å². The first-order valence-corrected chi connectivity index (χ1v) is 10.8. The number of rotatable bonds is 7. The summed E-state index contributed by atoms with van der Waals surface area (Å²) in [6, 6.07) is 21.3. The summed E-state index contributed by atoms with van der Waals surface area (Å²) in [5.74, 6) is -0.926. The number of hydrogen-bond donors (Lipinski definition) is 1. The second kappa shape index (κ2) is 10.1. The molecule has 1 aliphatic heterocycles. The van der Waals surface area contributed by atoms with Crippen LogP contribution in [0.1, 0.15) is 46.1 Å². The van der Waals surface area contributed by atoms with Crippen molar-refractivity contribution >= 4 is 17.6 Å². The minimum Gasteiger partial charge on any atom is -0.478 e. The number of ether oxygens (including phenoxy) is 1. The van der Waals surface area contributed by atoms with Gasteiger partial charge in [-0.1, -0.05) is 54.1 Å². The predicted molar refractivity (Wildman–Crippen MR) is 120 cm³/mol. The third kappa shape index (κ3) is 5.70. The van der Waals surface area contributed by atoms with E-state index in [9.17, 15) is 9.90 Å². The van der Waals surface area contributed by atoms with E-state index in [0.29, 0.717) is 11.6 Å². The number of pyridine rings is 1. The number of aromatic carboxylic acids is 1. The highest BCUT2D eigenvalue weighted by Gasteiger charge is 2.25. The number of likely N-dealkylation sites (tertiary alicyclic amines) is 1. The molecule has 31 heavy (non-hydrogen) atoms. The van der Waals surface area contributed by atoms with E-state index in [-0.39, 0.29) is 17.8 Å². The SMILES string of the molecule is O=C(O)c1ccnc(CN2CCC(OC(c3ccccc3)c3ccc(Cl)cc3)CC2)c1. The van der Waals surface area contributed by atoms with Crippen LogP contribution in [0.4, 0.5) is 0 Å². The summed E-state index contributed by atoms with van der Waals surface area (Å²) in [5.41, 5.74) is 3.27. The molecule has 3 aromatic rings. The van der Waals surface area contributed by atoms with Crippen LogP contribution >= 0.6 is 11.6 Å². The van der Waals surface area contributed by atoms with E-state index in [0.717, 1.165) is 42.8 Å². The normalized spacial score (nSPS) is 16.2. The van der Waals surface area contributed by atoms with E-state index in [1.807, 2.05) is 42.5 Å². The largest absolute Gasteiger partial charge is 0.478 e. The second-order valence-electron chi connectivity index (χ2n) is 7.79. The third-order valence-electron chi connectivity index (χ3n) is 5.59. The molecule has 1 saturated heterocycles. The molecular formula is C25H25ClN2O3. The van der Waals surface area contributed by atoms with Gasteiger partial charge in [-0.3, -0.25) is 9.88 Å². The molecule has 5 nitrogen and oxygen atoms in total. The Bertz CT molecular complexity index is 1000. The number of hydrogen-bond acceptors (Lipinski definition) is 4. The lowest BCUT2D eigenvalue weighted by molar-refractivity contribution is -0.0283. The zero-order valence-electron chi connectivity index (χ0n) is 17.2. The third-order valence-corrected chi connectivity index (χ3v) is 5.84. The molecule has 2 aromatic carbocycles. The van der Waals surface area contributed by atoms with Gasteiger partial charge in [0.05, 0.1) is 17.4 Å². The quantitative estimate of drug-likeness (QED) is 0.551. The molecule has 0 bridgehead atoms. The van der Waals surface area contributed by atoms with Crippen molar-refractivity contribution < 1.29 is 14.6 Å². The zero-order chi connectivity index (χ0) is 21.6. The fourth-order valence-corrected chi connectivity index (χ4v) is 4.06. The van der Waals surface area contributed by atoms with Gasteiger partial charge in [0.1, 0.15) is 6.10 Å². The lowest BCUT2D eigenvalue weighted by atomic mass is 10.00. The molecule has 6 heteroatoms. The predicted octanol–water partition coefficient (Wildman–Crippen LogP) is 5.20. The number of halogens is 1. The molecule has 2 heterocycles. The first-order chi connectivity index (χ1) is 15.1. The van der Waals surface area contributed by atoms with Crippen LogP contribution in [0.15, 0.2) is 72.9 Å². The monoisotopic (exact) mass is 436 g/mol. The fourth-order valence-electron chi connectivity index (χ4n) is 3.94. The van der Waals surface area contributed by atoms with Crippen LogP contribution in [0, 0.1) is 0 Å². The summed E-state index contributed by atoms with van der Waals surface area (Å²) in [5, 5.41) is 9.88. The van der Waals surface area contributed by atoms with Gasteiger partial charge >= 0.3 is 5.97 Å². The summed E-state index contributed by atoms with van der Waals surface area (Å²) in [6.07, 6.45) is 3.40. The van der Waals surface area contributed by atoms with Gasteiger partial charge in [0.2, 0.25) is 0 Å². The van der Waals surface area contributed by atoms with Gasteiger partial charge in [-0.15, -0.1) is 0 Å². The molecule has 0 amide bonds. The Morgan fingerprint density at radius 1 is 1.06 bits per heavy atom. The minimum atomic E-state index is -0.926. The number of piperidine rings is 1. The maximum Gasteiger partial charge on any atom is 0.335 e.